The van der Waals surface area contributed by atoms with Gasteiger partial charge in [0.25, 0.3) is 0 Å². The van der Waals surface area contributed by atoms with Crippen LogP contribution in [-0.2, 0) is 11.2 Å². The average Bonchev–Trinajstić information content (AvgIpc) is 2.03. The third kappa shape index (κ3) is 1.25. The summed E-state index contributed by atoms with van der Waals surface area (Å²) in [6, 6.07) is 1.78. The lowest BCUT2D eigenvalue weighted by molar-refractivity contribution is -0.114. The van der Waals surface area contributed by atoms with Crippen LogP contribution in [0.15, 0.2) is 18.3 Å². The summed E-state index contributed by atoms with van der Waals surface area (Å²) >= 11 is 5.73. The molecule has 12 heavy (non-hydrogen) atoms. The first kappa shape index (κ1) is 7.50. The van der Waals surface area contributed by atoms with Gasteiger partial charge in [0.05, 0.1) is 10.7 Å². The van der Waals surface area contributed by atoms with Crippen LogP contribution in [0, 0.1) is 0 Å². The molecule has 1 aromatic rings. The van der Waals surface area contributed by atoms with E-state index in [0.717, 1.165) is 11.3 Å². The van der Waals surface area contributed by atoms with Gasteiger partial charge in [-0.05, 0) is 23.8 Å². The average molecular weight is 180 g/mol. The molecule has 0 atom stereocenters. The fourth-order valence-corrected chi connectivity index (χ4v) is 1.38. The van der Waals surface area contributed by atoms with E-state index in [1.165, 1.54) is 0 Å². The predicted octanol–water partition coefficient (Wildman–Crippen LogP) is 1.87. The number of halogens is 1. The molecule has 2 nitrogen and oxygen atoms in total. The predicted molar refractivity (Wildman–Crippen MR) is 47.0 cm³/mol. The number of hydrogen-bond acceptors (Lipinski definition) is 2. The van der Waals surface area contributed by atoms with E-state index in [-0.39, 0.29) is 5.78 Å². The van der Waals surface area contributed by atoms with Crippen molar-refractivity contribution in [1.29, 1.82) is 0 Å². The molecule has 0 unspecified atom stereocenters. The second-order valence-corrected chi connectivity index (χ2v) is 3.11. The summed E-state index contributed by atoms with van der Waals surface area (Å²) in [5.74, 6) is 0.103. The van der Waals surface area contributed by atoms with Crippen molar-refractivity contribution < 1.29 is 4.79 Å². The molecule has 1 aromatic heterocycles. The van der Waals surface area contributed by atoms with Crippen LogP contribution < -0.4 is 0 Å². The molecule has 0 spiro atoms. The van der Waals surface area contributed by atoms with Crippen molar-refractivity contribution in [2.45, 2.75) is 6.42 Å². The summed E-state index contributed by atoms with van der Waals surface area (Å²) in [7, 11) is 0. The Bertz CT molecular complexity index is 371. The van der Waals surface area contributed by atoms with Crippen LogP contribution >= 0.6 is 11.6 Å². The summed E-state index contributed by atoms with van der Waals surface area (Å²) in [6.07, 6.45) is 5.26. The van der Waals surface area contributed by atoms with Gasteiger partial charge in [0.2, 0.25) is 0 Å². The number of ketones is 1. The van der Waals surface area contributed by atoms with Crippen molar-refractivity contribution in [3.63, 3.8) is 0 Å². The van der Waals surface area contributed by atoms with Gasteiger partial charge in [0, 0.05) is 12.6 Å². The van der Waals surface area contributed by atoms with Crippen molar-refractivity contribution in [3.8, 4) is 0 Å². The van der Waals surface area contributed by atoms with Crippen LogP contribution in [-0.4, -0.2) is 10.8 Å². The second-order valence-electron chi connectivity index (χ2n) is 2.67. The van der Waals surface area contributed by atoms with Gasteiger partial charge in [-0.15, -0.1) is 0 Å². The quantitative estimate of drug-likeness (QED) is 0.609. The number of hydrogen-bond donors (Lipinski definition) is 0. The first-order chi connectivity index (χ1) is 5.75. The molecule has 0 radical (unpaired) electrons. The van der Waals surface area contributed by atoms with Crippen molar-refractivity contribution in [2.75, 3.05) is 0 Å². The van der Waals surface area contributed by atoms with E-state index in [1.807, 2.05) is 0 Å². The topological polar surface area (TPSA) is 30.0 Å². The van der Waals surface area contributed by atoms with Crippen LogP contribution in [0.25, 0.3) is 6.08 Å². The molecule has 2 rings (SSSR count). The lowest BCUT2D eigenvalue weighted by atomic mass is 10.0. The number of carbonyl (C=O) groups excluding carboxylic acids is 1. The van der Waals surface area contributed by atoms with Gasteiger partial charge < -0.3 is 0 Å². The fourth-order valence-electron chi connectivity index (χ4n) is 1.20. The number of fused-ring (bicyclic) bond motifs is 1. The van der Waals surface area contributed by atoms with Gasteiger partial charge in [-0.3, -0.25) is 9.78 Å². The summed E-state index contributed by atoms with van der Waals surface area (Å²) < 4.78 is 0. The lowest BCUT2D eigenvalue weighted by Crippen LogP contribution is -2.06. The normalized spacial score (nSPS) is 14.6. The maximum absolute atomic E-state index is 11.0. The van der Waals surface area contributed by atoms with E-state index in [0.29, 0.717) is 11.4 Å². The van der Waals surface area contributed by atoms with Gasteiger partial charge in [-0.2, -0.15) is 0 Å². The first-order valence-corrected chi connectivity index (χ1v) is 3.99. The van der Waals surface area contributed by atoms with Crippen molar-refractivity contribution in [3.05, 3.63) is 34.6 Å². The number of aromatic nitrogens is 1. The summed E-state index contributed by atoms with van der Waals surface area (Å²) in [6.45, 7) is 0. The smallest absolute Gasteiger partial charge is 0.160 e. The van der Waals surface area contributed by atoms with Gasteiger partial charge >= 0.3 is 0 Å². The molecule has 1 aliphatic rings. The Balaban J connectivity index is 2.54. The van der Waals surface area contributed by atoms with Gasteiger partial charge in [0.1, 0.15) is 0 Å². The van der Waals surface area contributed by atoms with Crippen molar-refractivity contribution >= 4 is 23.5 Å². The lowest BCUT2D eigenvalue weighted by Gasteiger charge is -2.07. The third-order valence-electron chi connectivity index (χ3n) is 1.76. The van der Waals surface area contributed by atoms with E-state index in [1.54, 1.807) is 24.4 Å². The molecule has 0 fully saturated rings. The molecule has 1 aliphatic carbocycles. The molecular weight excluding hydrogens is 174 g/mol. The van der Waals surface area contributed by atoms with Crippen LogP contribution in [0.1, 0.15) is 11.3 Å². The Morgan fingerprint density at radius 3 is 3.08 bits per heavy atom. The summed E-state index contributed by atoms with van der Waals surface area (Å²) in [5.41, 5.74) is 1.76. The molecule has 0 bridgehead atoms. The zero-order valence-electron chi connectivity index (χ0n) is 6.25. The molecule has 0 aliphatic heterocycles. The van der Waals surface area contributed by atoms with Crippen molar-refractivity contribution in [1.82, 2.24) is 4.98 Å². The minimum absolute atomic E-state index is 0.103. The standard InChI is InChI=1S/C9H6ClNO/c10-7-3-6-4-8(12)1-2-9(6)11-5-7/h1-3,5H,4H2. The zero-order valence-corrected chi connectivity index (χ0v) is 7.01. The SMILES string of the molecule is O=C1C=Cc2ncc(Cl)cc2C1. The van der Waals surface area contributed by atoms with Crippen molar-refractivity contribution in [2.24, 2.45) is 0 Å². The maximum atomic E-state index is 11.0. The largest absolute Gasteiger partial charge is 0.294 e. The highest BCUT2D eigenvalue weighted by molar-refractivity contribution is 6.30. The minimum atomic E-state index is 0.103. The first-order valence-electron chi connectivity index (χ1n) is 3.61. The second kappa shape index (κ2) is 2.72. The highest BCUT2D eigenvalue weighted by atomic mass is 35.5. The van der Waals surface area contributed by atoms with Gasteiger partial charge in [-0.1, -0.05) is 11.6 Å². The number of nitrogens with zero attached hydrogens (tertiary/aromatic N) is 1. The van der Waals surface area contributed by atoms with E-state index in [4.69, 9.17) is 11.6 Å². The monoisotopic (exact) mass is 179 g/mol. The Hall–Kier alpha value is -1.15. The molecule has 0 N–H and O–H groups in total. The summed E-state index contributed by atoms with van der Waals surface area (Å²) in [5, 5.41) is 0.580. The fraction of sp³-hybridized carbons (Fsp3) is 0.111. The molecule has 3 heteroatoms. The Labute approximate surface area is 74.9 Å². The number of rotatable bonds is 0. The van der Waals surface area contributed by atoms with E-state index < -0.39 is 0 Å². The molecule has 0 aromatic carbocycles. The highest BCUT2D eigenvalue weighted by Gasteiger charge is 2.10. The molecule has 60 valence electrons. The number of pyridine rings is 1. The summed E-state index contributed by atoms with van der Waals surface area (Å²) in [4.78, 5) is 15.1. The zero-order chi connectivity index (χ0) is 8.55. The van der Waals surface area contributed by atoms with Gasteiger partial charge in [0.15, 0.2) is 5.78 Å². The van der Waals surface area contributed by atoms with Crippen LogP contribution in [0.3, 0.4) is 0 Å². The molecule has 1 heterocycles. The number of allylic oxidation sites excluding steroid dienone is 1. The Kier molecular flexibility index (Phi) is 1.70. The minimum Gasteiger partial charge on any atom is -0.294 e. The third-order valence-corrected chi connectivity index (χ3v) is 1.97. The molecule has 0 saturated carbocycles. The number of carbonyl (C=O) groups is 1. The van der Waals surface area contributed by atoms with E-state index in [9.17, 15) is 4.79 Å². The van der Waals surface area contributed by atoms with E-state index >= 15 is 0 Å². The Morgan fingerprint density at radius 2 is 2.25 bits per heavy atom. The maximum Gasteiger partial charge on any atom is 0.160 e. The van der Waals surface area contributed by atoms with Crippen LogP contribution in [0.4, 0.5) is 0 Å². The molecule has 0 saturated heterocycles. The van der Waals surface area contributed by atoms with Crippen LogP contribution in [0.2, 0.25) is 5.02 Å². The Morgan fingerprint density at radius 1 is 1.42 bits per heavy atom. The highest BCUT2D eigenvalue weighted by Crippen LogP contribution is 2.18. The van der Waals surface area contributed by atoms with Crippen LogP contribution in [0.5, 0.6) is 0 Å². The molecular formula is C9H6ClNO. The van der Waals surface area contributed by atoms with E-state index in [2.05, 4.69) is 4.98 Å². The molecule has 0 amide bonds. The van der Waals surface area contributed by atoms with Gasteiger partial charge in [-0.25, -0.2) is 0 Å².